The highest BCUT2D eigenvalue weighted by Gasteiger charge is 2.36. The maximum absolute atomic E-state index is 11.9. The summed E-state index contributed by atoms with van der Waals surface area (Å²) in [4.78, 5) is 11.9. The molecule has 1 unspecified atom stereocenters. The molecule has 0 radical (unpaired) electrons. The average molecular weight is 230 g/mol. The van der Waals surface area contributed by atoms with Gasteiger partial charge < -0.3 is 5.73 Å². The molecule has 0 amide bonds. The molecule has 1 aliphatic rings. The zero-order valence-electron chi connectivity index (χ0n) is 9.57. The number of hydrazone groups is 1. The second kappa shape index (κ2) is 4.51. The summed E-state index contributed by atoms with van der Waals surface area (Å²) in [5, 5.41) is 4.07. The Hall–Kier alpha value is -0.590. The van der Waals surface area contributed by atoms with Gasteiger partial charge in [-0.2, -0.15) is 5.10 Å². The van der Waals surface area contributed by atoms with Gasteiger partial charge >= 0.3 is 0 Å². The van der Waals surface area contributed by atoms with Crippen LogP contribution in [-0.4, -0.2) is 27.8 Å². The molecule has 86 valence electrons. The van der Waals surface area contributed by atoms with Crippen molar-refractivity contribution < 1.29 is 4.79 Å². The molecule has 5 nitrogen and oxygen atoms in total. The van der Waals surface area contributed by atoms with E-state index < -0.39 is 6.17 Å². The van der Waals surface area contributed by atoms with Crippen LogP contribution in [0.25, 0.3) is 0 Å². The van der Waals surface area contributed by atoms with Gasteiger partial charge in [-0.25, -0.2) is 5.53 Å². The Kier molecular flexibility index (Phi) is 3.75. The van der Waals surface area contributed by atoms with Crippen molar-refractivity contribution in [2.75, 3.05) is 5.75 Å². The van der Waals surface area contributed by atoms with Gasteiger partial charge in [0.05, 0.1) is 0 Å². The summed E-state index contributed by atoms with van der Waals surface area (Å²) in [7, 11) is 0. The van der Waals surface area contributed by atoms with Crippen LogP contribution in [-0.2, 0) is 4.79 Å². The molecule has 15 heavy (non-hydrogen) atoms. The maximum atomic E-state index is 11.9. The summed E-state index contributed by atoms with van der Waals surface area (Å²) in [6.07, 6.45) is -0.651. The van der Waals surface area contributed by atoms with Gasteiger partial charge in [0, 0.05) is 11.2 Å². The number of nitrogens with one attached hydrogen (secondary N) is 1. The fourth-order valence-corrected chi connectivity index (χ4v) is 1.88. The molecule has 3 N–H and O–H groups in total. The fourth-order valence-electron chi connectivity index (χ4n) is 1.25. The first-order valence-corrected chi connectivity index (χ1v) is 5.88. The van der Waals surface area contributed by atoms with Gasteiger partial charge in [0.15, 0.2) is 6.17 Å². The number of rotatable bonds is 2. The number of ketones is 1. The van der Waals surface area contributed by atoms with Gasteiger partial charge in [-0.15, -0.1) is 4.41 Å². The van der Waals surface area contributed by atoms with E-state index in [0.717, 1.165) is 5.75 Å². The number of hydrogen-bond donors (Lipinski definition) is 2. The highest BCUT2D eigenvalue weighted by atomic mass is 32.2. The zero-order valence-corrected chi connectivity index (χ0v) is 10.4. The smallest absolute Gasteiger partial charge is 0.213 e. The van der Waals surface area contributed by atoms with Gasteiger partial charge in [0.1, 0.15) is 5.71 Å². The fraction of sp³-hybridized carbons (Fsp3) is 0.778. The third-order valence-electron chi connectivity index (χ3n) is 1.99. The van der Waals surface area contributed by atoms with Gasteiger partial charge in [-0.05, 0) is 0 Å². The molecule has 1 heterocycles. The molecule has 0 spiro atoms. The van der Waals surface area contributed by atoms with Crippen molar-refractivity contribution in [3.8, 4) is 0 Å². The predicted octanol–water partition coefficient (Wildman–Crippen LogP) is 0.731. The van der Waals surface area contributed by atoms with Crippen molar-refractivity contribution in [1.82, 2.24) is 9.95 Å². The molecule has 0 saturated carbocycles. The summed E-state index contributed by atoms with van der Waals surface area (Å²) in [6.45, 7) is 7.83. The van der Waals surface area contributed by atoms with Crippen LogP contribution in [0.4, 0.5) is 0 Å². The number of Topliss-reactive ketones (excluding diaryl/α,β-unsaturated/α-hetero) is 1. The summed E-state index contributed by atoms with van der Waals surface area (Å²) in [5.74, 6) is 0.733. The Morgan fingerprint density at radius 2 is 2.20 bits per heavy atom. The molecular formula is C9H18N4OS. The Labute approximate surface area is 94.6 Å². The molecule has 1 atom stereocenters. The lowest BCUT2D eigenvalue weighted by Crippen LogP contribution is -2.57. The van der Waals surface area contributed by atoms with E-state index in [2.05, 4.69) is 10.6 Å². The van der Waals surface area contributed by atoms with E-state index in [1.54, 1.807) is 4.41 Å². The number of hydrogen-bond acceptors (Lipinski definition) is 6. The van der Waals surface area contributed by atoms with E-state index in [-0.39, 0.29) is 11.2 Å². The lowest BCUT2D eigenvalue weighted by molar-refractivity contribution is -0.118. The molecule has 0 fully saturated rings. The molecule has 0 aliphatic carbocycles. The first-order valence-electron chi connectivity index (χ1n) is 4.93. The Morgan fingerprint density at radius 1 is 1.60 bits per heavy atom. The summed E-state index contributed by atoms with van der Waals surface area (Å²) in [5.41, 5.74) is 8.83. The molecule has 1 aliphatic heterocycles. The van der Waals surface area contributed by atoms with E-state index in [0.29, 0.717) is 5.71 Å². The highest BCUT2D eigenvalue weighted by Crippen LogP contribution is 2.22. The van der Waals surface area contributed by atoms with Crippen LogP contribution >= 0.6 is 11.9 Å². The summed E-state index contributed by atoms with van der Waals surface area (Å²) in [6, 6.07) is 0. The SMILES string of the molecule is CCSN1NN=C(C(C)(C)C)C(=O)C1N. The first kappa shape index (κ1) is 12.5. The molecule has 0 bridgehead atoms. The minimum Gasteiger partial charge on any atom is -0.307 e. The quantitative estimate of drug-likeness (QED) is 0.684. The second-order valence-electron chi connectivity index (χ2n) is 4.36. The first-order chi connectivity index (χ1) is 6.88. The molecular weight excluding hydrogens is 212 g/mol. The maximum Gasteiger partial charge on any atom is 0.213 e. The van der Waals surface area contributed by atoms with E-state index in [1.165, 1.54) is 11.9 Å². The number of nitrogens with two attached hydrogens (primary N) is 1. The van der Waals surface area contributed by atoms with Crippen LogP contribution in [0.3, 0.4) is 0 Å². The van der Waals surface area contributed by atoms with Gasteiger partial charge in [0.2, 0.25) is 5.78 Å². The van der Waals surface area contributed by atoms with E-state index in [1.807, 2.05) is 27.7 Å². The molecule has 0 aromatic carbocycles. The van der Waals surface area contributed by atoms with E-state index in [9.17, 15) is 4.79 Å². The minimum atomic E-state index is -0.651. The highest BCUT2D eigenvalue weighted by molar-refractivity contribution is 7.96. The van der Waals surface area contributed by atoms with Gasteiger partial charge in [-0.3, -0.25) is 4.79 Å². The predicted molar refractivity (Wildman–Crippen MR) is 63.0 cm³/mol. The summed E-state index contributed by atoms with van der Waals surface area (Å²) >= 11 is 1.45. The van der Waals surface area contributed by atoms with E-state index in [4.69, 9.17) is 5.73 Å². The van der Waals surface area contributed by atoms with Crippen LogP contribution in [0, 0.1) is 5.41 Å². The number of nitrogens with zero attached hydrogens (tertiary/aromatic N) is 2. The minimum absolute atomic E-state index is 0.109. The number of hydrazine groups is 1. The topological polar surface area (TPSA) is 70.7 Å². The van der Waals surface area contributed by atoms with Crippen molar-refractivity contribution in [2.24, 2.45) is 16.3 Å². The van der Waals surface area contributed by atoms with Crippen molar-refractivity contribution >= 4 is 23.4 Å². The molecule has 1 rings (SSSR count). The zero-order chi connectivity index (χ0) is 11.6. The van der Waals surface area contributed by atoms with Crippen LogP contribution < -0.4 is 11.3 Å². The lowest BCUT2D eigenvalue weighted by atomic mass is 9.86. The second-order valence-corrected chi connectivity index (χ2v) is 5.59. The molecule has 0 aromatic heterocycles. The van der Waals surface area contributed by atoms with Crippen LogP contribution in [0.1, 0.15) is 27.7 Å². The van der Waals surface area contributed by atoms with Crippen LogP contribution in [0.15, 0.2) is 5.10 Å². The van der Waals surface area contributed by atoms with Gasteiger partial charge in [-0.1, -0.05) is 39.6 Å². The Balaban J connectivity index is 2.85. The van der Waals surface area contributed by atoms with Crippen molar-refractivity contribution in [1.29, 1.82) is 0 Å². The van der Waals surface area contributed by atoms with Gasteiger partial charge in [0.25, 0.3) is 0 Å². The number of carbonyl (C=O) groups is 1. The van der Waals surface area contributed by atoms with Crippen molar-refractivity contribution in [3.05, 3.63) is 0 Å². The van der Waals surface area contributed by atoms with Crippen LogP contribution in [0.5, 0.6) is 0 Å². The standard InChI is InChI=1S/C9H18N4OS/c1-5-15-13-8(10)6(14)7(11-12-13)9(2,3)4/h8,12H,5,10H2,1-4H3. The third kappa shape index (κ3) is 2.70. The number of carbonyl (C=O) groups excluding carboxylic acids is 1. The monoisotopic (exact) mass is 230 g/mol. The normalized spacial score (nSPS) is 23.7. The Morgan fingerprint density at radius 3 is 2.67 bits per heavy atom. The third-order valence-corrected chi connectivity index (χ3v) is 2.84. The van der Waals surface area contributed by atoms with Crippen LogP contribution in [0.2, 0.25) is 0 Å². The van der Waals surface area contributed by atoms with E-state index >= 15 is 0 Å². The molecule has 6 heteroatoms. The molecule has 0 saturated heterocycles. The average Bonchev–Trinajstić information content (AvgIpc) is 2.11. The summed E-state index contributed by atoms with van der Waals surface area (Å²) < 4.78 is 1.58. The Bertz CT molecular complexity index is 284. The van der Waals surface area contributed by atoms with Crippen molar-refractivity contribution in [2.45, 2.75) is 33.9 Å². The lowest BCUT2D eigenvalue weighted by Gasteiger charge is -2.33. The molecule has 0 aromatic rings. The van der Waals surface area contributed by atoms with Crippen molar-refractivity contribution in [3.63, 3.8) is 0 Å². The largest absolute Gasteiger partial charge is 0.307 e.